The number of carbonyl (C=O) groups is 1. The molecule has 0 aliphatic heterocycles. The Morgan fingerprint density at radius 1 is 1.11 bits per heavy atom. The zero-order valence-electron chi connectivity index (χ0n) is 10.5. The molecule has 0 aromatic heterocycles. The normalized spacial score (nSPS) is 10.8. The van der Waals surface area contributed by atoms with E-state index in [1.807, 2.05) is 18.4 Å². The van der Waals surface area contributed by atoms with Crippen LogP contribution in [0, 0.1) is 5.82 Å². The van der Waals surface area contributed by atoms with Gasteiger partial charge < -0.3 is 0 Å². The van der Waals surface area contributed by atoms with Gasteiger partial charge in [0.2, 0.25) is 0 Å². The highest BCUT2D eigenvalue weighted by atomic mass is 32.2. The predicted octanol–water partition coefficient (Wildman–Crippen LogP) is 4.44. The highest BCUT2D eigenvalue weighted by Gasteiger charge is 2.02. The smallest absolute Gasteiger partial charge is 0.185 e. The van der Waals surface area contributed by atoms with Crippen LogP contribution in [0.1, 0.15) is 15.9 Å². The fourth-order valence-electron chi connectivity index (χ4n) is 1.63. The molecular formula is C16H13FOS. The SMILES string of the molecule is CSc1ccc(C(=O)/C=C/c2ccccc2F)cc1. The molecule has 2 aromatic carbocycles. The van der Waals surface area contributed by atoms with Crippen molar-refractivity contribution in [1.29, 1.82) is 0 Å². The molecule has 3 heteroatoms. The van der Waals surface area contributed by atoms with Crippen LogP contribution < -0.4 is 0 Å². The van der Waals surface area contributed by atoms with Gasteiger partial charge in [0.05, 0.1) is 0 Å². The summed E-state index contributed by atoms with van der Waals surface area (Å²) in [4.78, 5) is 13.0. The number of allylic oxidation sites excluding steroid dienone is 1. The van der Waals surface area contributed by atoms with Crippen molar-refractivity contribution in [1.82, 2.24) is 0 Å². The van der Waals surface area contributed by atoms with Crippen LogP contribution in [-0.2, 0) is 0 Å². The molecule has 2 aromatic rings. The Morgan fingerprint density at radius 2 is 1.79 bits per heavy atom. The van der Waals surface area contributed by atoms with Crippen molar-refractivity contribution < 1.29 is 9.18 Å². The van der Waals surface area contributed by atoms with Crippen LogP contribution in [0.3, 0.4) is 0 Å². The van der Waals surface area contributed by atoms with Gasteiger partial charge in [-0.2, -0.15) is 0 Å². The predicted molar refractivity (Wildman–Crippen MR) is 78.0 cm³/mol. The molecule has 0 saturated carbocycles. The van der Waals surface area contributed by atoms with Gasteiger partial charge in [0.25, 0.3) is 0 Å². The van der Waals surface area contributed by atoms with Gasteiger partial charge in [0, 0.05) is 16.0 Å². The highest BCUT2D eigenvalue weighted by molar-refractivity contribution is 7.98. The average molecular weight is 272 g/mol. The van der Waals surface area contributed by atoms with E-state index in [1.165, 1.54) is 18.2 Å². The number of thioether (sulfide) groups is 1. The van der Waals surface area contributed by atoms with Crippen molar-refractivity contribution in [2.75, 3.05) is 6.26 Å². The minimum absolute atomic E-state index is 0.129. The molecule has 0 spiro atoms. The molecule has 0 radical (unpaired) electrons. The molecule has 19 heavy (non-hydrogen) atoms. The van der Waals surface area contributed by atoms with Crippen LogP contribution in [0.2, 0.25) is 0 Å². The molecule has 0 bridgehead atoms. The molecule has 0 aliphatic rings. The molecule has 0 amide bonds. The van der Waals surface area contributed by atoms with E-state index in [0.29, 0.717) is 11.1 Å². The first kappa shape index (κ1) is 13.6. The number of hydrogen-bond acceptors (Lipinski definition) is 2. The van der Waals surface area contributed by atoms with E-state index in [0.717, 1.165) is 4.90 Å². The third-order valence-corrected chi connectivity index (χ3v) is 3.44. The fraction of sp³-hybridized carbons (Fsp3) is 0.0625. The molecule has 0 fully saturated rings. The molecule has 0 saturated heterocycles. The fourth-order valence-corrected chi connectivity index (χ4v) is 2.04. The van der Waals surface area contributed by atoms with E-state index in [-0.39, 0.29) is 11.6 Å². The van der Waals surface area contributed by atoms with E-state index < -0.39 is 0 Å². The summed E-state index contributed by atoms with van der Waals surface area (Å²) in [6.45, 7) is 0. The Kier molecular flexibility index (Phi) is 4.53. The van der Waals surface area contributed by atoms with Gasteiger partial charge in [-0.15, -0.1) is 11.8 Å². The summed E-state index contributed by atoms with van der Waals surface area (Å²) < 4.78 is 13.4. The van der Waals surface area contributed by atoms with Crippen LogP contribution in [0.4, 0.5) is 4.39 Å². The van der Waals surface area contributed by atoms with E-state index in [1.54, 1.807) is 42.1 Å². The maximum atomic E-state index is 13.4. The van der Waals surface area contributed by atoms with E-state index in [4.69, 9.17) is 0 Å². The van der Waals surface area contributed by atoms with Crippen molar-refractivity contribution in [2.45, 2.75) is 4.90 Å². The molecule has 96 valence electrons. The summed E-state index contributed by atoms with van der Waals surface area (Å²) in [5.74, 6) is -0.458. The Bertz CT molecular complexity index is 602. The van der Waals surface area contributed by atoms with Crippen molar-refractivity contribution in [3.63, 3.8) is 0 Å². The molecule has 0 heterocycles. The Hall–Kier alpha value is -1.87. The van der Waals surface area contributed by atoms with Gasteiger partial charge in [-0.25, -0.2) is 4.39 Å². The van der Waals surface area contributed by atoms with E-state index >= 15 is 0 Å². The number of benzene rings is 2. The second-order valence-electron chi connectivity index (χ2n) is 3.95. The van der Waals surface area contributed by atoms with E-state index in [9.17, 15) is 9.18 Å². The third kappa shape index (κ3) is 3.55. The van der Waals surface area contributed by atoms with Crippen molar-refractivity contribution in [3.8, 4) is 0 Å². The number of carbonyl (C=O) groups excluding carboxylic acids is 1. The third-order valence-electron chi connectivity index (χ3n) is 2.69. The zero-order valence-corrected chi connectivity index (χ0v) is 11.3. The molecule has 0 N–H and O–H groups in total. The quantitative estimate of drug-likeness (QED) is 0.465. The first-order chi connectivity index (χ1) is 9.20. The van der Waals surface area contributed by atoms with Gasteiger partial charge in [-0.3, -0.25) is 4.79 Å². The van der Waals surface area contributed by atoms with Crippen LogP contribution >= 0.6 is 11.8 Å². The minimum atomic E-state index is -0.329. The lowest BCUT2D eigenvalue weighted by molar-refractivity contribution is 0.104. The topological polar surface area (TPSA) is 17.1 Å². The summed E-state index contributed by atoms with van der Waals surface area (Å²) in [6.07, 6.45) is 4.88. The maximum Gasteiger partial charge on any atom is 0.185 e. The minimum Gasteiger partial charge on any atom is -0.289 e. The molecule has 1 nitrogen and oxygen atoms in total. The summed E-state index contributed by atoms with van der Waals surface area (Å²) >= 11 is 1.62. The maximum absolute atomic E-state index is 13.4. The Labute approximate surface area is 116 Å². The largest absolute Gasteiger partial charge is 0.289 e. The lowest BCUT2D eigenvalue weighted by atomic mass is 10.1. The monoisotopic (exact) mass is 272 g/mol. The van der Waals surface area contributed by atoms with Crippen LogP contribution in [-0.4, -0.2) is 12.0 Å². The molecule has 2 rings (SSSR count). The van der Waals surface area contributed by atoms with Crippen LogP contribution in [0.25, 0.3) is 6.08 Å². The van der Waals surface area contributed by atoms with Gasteiger partial charge in [0.1, 0.15) is 5.82 Å². The lowest BCUT2D eigenvalue weighted by Crippen LogP contribution is -1.93. The van der Waals surface area contributed by atoms with Crippen LogP contribution in [0.15, 0.2) is 59.5 Å². The number of halogens is 1. The van der Waals surface area contributed by atoms with Crippen LogP contribution in [0.5, 0.6) is 0 Å². The van der Waals surface area contributed by atoms with E-state index in [2.05, 4.69) is 0 Å². The van der Waals surface area contributed by atoms with Gasteiger partial charge >= 0.3 is 0 Å². The lowest BCUT2D eigenvalue weighted by Gasteiger charge is -1.99. The summed E-state index contributed by atoms with van der Waals surface area (Å²) in [5.41, 5.74) is 1.02. The first-order valence-corrected chi connectivity index (χ1v) is 7.04. The van der Waals surface area contributed by atoms with Gasteiger partial charge in [-0.05, 0) is 48.7 Å². The molecule has 0 aliphatic carbocycles. The van der Waals surface area contributed by atoms with Crippen molar-refractivity contribution in [3.05, 3.63) is 71.6 Å². The first-order valence-electron chi connectivity index (χ1n) is 5.81. The summed E-state index contributed by atoms with van der Waals surface area (Å²) in [7, 11) is 0. The molecule has 0 atom stereocenters. The van der Waals surface area contributed by atoms with Gasteiger partial charge in [-0.1, -0.05) is 18.2 Å². The second kappa shape index (κ2) is 6.34. The number of ketones is 1. The van der Waals surface area contributed by atoms with Crippen molar-refractivity contribution in [2.24, 2.45) is 0 Å². The summed E-state index contributed by atoms with van der Waals surface area (Å²) in [6, 6.07) is 13.7. The Morgan fingerprint density at radius 3 is 2.42 bits per heavy atom. The second-order valence-corrected chi connectivity index (χ2v) is 4.83. The number of hydrogen-bond donors (Lipinski definition) is 0. The average Bonchev–Trinajstić information content (AvgIpc) is 2.46. The highest BCUT2D eigenvalue weighted by Crippen LogP contribution is 2.16. The molecule has 0 unspecified atom stereocenters. The van der Waals surface area contributed by atoms with Crippen molar-refractivity contribution >= 4 is 23.6 Å². The van der Waals surface area contributed by atoms with Gasteiger partial charge in [0.15, 0.2) is 5.78 Å². The number of rotatable bonds is 4. The standard InChI is InChI=1S/C16H13FOS/c1-19-14-9-6-13(7-10-14)16(18)11-8-12-4-2-3-5-15(12)17/h2-11H,1H3/b11-8+. The molecular weight excluding hydrogens is 259 g/mol. The zero-order chi connectivity index (χ0) is 13.7. The Balaban J connectivity index is 2.14. The summed E-state index contributed by atoms with van der Waals surface area (Å²) in [5, 5.41) is 0.